The predicted molar refractivity (Wildman–Crippen MR) is 134 cm³/mol. The summed E-state index contributed by atoms with van der Waals surface area (Å²) in [4.78, 5) is 4.15. The van der Waals surface area contributed by atoms with Crippen molar-refractivity contribution in [1.29, 1.82) is 0 Å². The maximum atomic E-state index is 13.5. The number of para-hydroxylation sites is 1. The second kappa shape index (κ2) is 10.7. The maximum Gasteiger partial charge on any atom is 0.418 e. The second-order valence-corrected chi connectivity index (χ2v) is 10.3. The molecule has 0 saturated carbocycles. The van der Waals surface area contributed by atoms with Crippen molar-refractivity contribution in [2.45, 2.75) is 24.4 Å². The number of aromatic nitrogens is 1. The van der Waals surface area contributed by atoms with Gasteiger partial charge in [0.15, 0.2) is 9.84 Å². The first-order valence-corrected chi connectivity index (χ1v) is 13.1. The molecule has 9 heteroatoms. The van der Waals surface area contributed by atoms with Gasteiger partial charge in [-0.25, -0.2) is 8.42 Å². The lowest BCUT2D eigenvalue weighted by Gasteiger charge is -2.13. The number of benzene rings is 3. The fraction of sp³-hybridized carbons (Fsp3) is 0.222. The highest BCUT2D eigenvalue weighted by atomic mass is 32.2. The fourth-order valence-corrected chi connectivity index (χ4v) is 5.27. The SMILES string of the molecule is CCNCCCS(=O)(=O)c1cccc(Oc2cccc(-c3ccnc4c(C(F)(F)F)cccc34)c2)c1. The number of hydrogen-bond acceptors (Lipinski definition) is 5. The zero-order chi connectivity index (χ0) is 25.8. The first-order valence-electron chi connectivity index (χ1n) is 11.5. The number of sulfone groups is 1. The number of alkyl halides is 3. The molecule has 0 fully saturated rings. The van der Waals surface area contributed by atoms with E-state index in [2.05, 4.69) is 10.3 Å². The molecule has 1 heterocycles. The molecule has 4 aromatic rings. The van der Waals surface area contributed by atoms with Crippen LogP contribution in [0.2, 0.25) is 0 Å². The lowest BCUT2D eigenvalue weighted by atomic mass is 9.99. The third-order valence-electron chi connectivity index (χ3n) is 5.64. The summed E-state index contributed by atoms with van der Waals surface area (Å²) >= 11 is 0. The van der Waals surface area contributed by atoms with Crippen molar-refractivity contribution in [3.8, 4) is 22.6 Å². The van der Waals surface area contributed by atoms with Crippen LogP contribution < -0.4 is 10.1 Å². The van der Waals surface area contributed by atoms with Crippen LogP contribution in [0.4, 0.5) is 13.2 Å². The average Bonchev–Trinajstić information content (AvgIpc) is 2.86. The summed E-state index contributed by atoms with van der Waals surface area (Å²) in [5, 5.41) is 3.48. The number of nitrogens with one attached hydrogen (secondary N) is 1. The van der Waals surface area contributed by atoms with Crippen LogP contribution in [-0.2, 0) is 16.0 Å². The van der Waals surface area contributed by atoms with Crippen molar-refractivity contribution >= 4 is 20.7 Å². The Morgan fingerprint density at radius 3 is 2.42 bits per heavy atom. The molecule has 0 aliphatic carbocycles. The maximum absolute atomic E-state index is 13.5. The van der Waals surface area contributed by atoms with Gasteiger partial charge in [-0.1, -0.05) is 37.3 Å². The molecule has 1 aromatic heterocycles. The number of ether oxygens (including phenoxy) is 1. The van der Waals surface area contributed by atoms with Gasteiger partial charge < -0.3 is 10.1 Å². The van der Waals surface area contributed by atoms with E-state index in [0.29, 0.717) is 41.0 Å². The fourth-order valence-electron chi connectivity index (χ4n) is 3.93. The topological polar surface area (TPSA) is 68.3 Å². The first-order chi connectivity index (χ1) is 17.2. The quantitative estimate of drug-likeness (QED) is 0.259. The standard InChI is InChI=1S/C27H25F3N2O3S/c1-2-31-14-6-16-36(33,34)22-10-4-9-21(18-22)35-20-8-3-7-19(17-20)23-13-15-32-26-24(23)11-5-12-25(26)27(28,29)30/h3-5,7-13,15,17-18,31H,2,6,14,16H2,1H3. The average molecular weight is 515 g/mol. The lowest BCUT2D eigenvalue weighted by molar-refractivity contribution is -0.136. The summed E-state index contributed by atoms with van der Waals surface area (Å²) in [5.74, 6) is 0.790. The van der Waals surface area contributed by atoms with Gasteiger partial charge in [-0.2, -0.15) is 13.2 Å². The van der Waals surface area contributed by atoms with Crippen molar-refractivity contribution in [2.24, 2.45) is 0 Å². The van der Waals surface area contributed by atoms with Crippen LogP contribution in [0, 0.1) is 0 Å². The molecule has 36 heavy (non-hydrogen) atoms. The Balaban J connectivity index is 1.61. The molecule has 0 unspecified atom stereocenters. The predicted octanol–water partition coefficient (Wildman–Crippen LogP) is 6.49. The molecule has 5 nitrogen and oxygen atoms in total. The van der Waals surface area contributed by atoms with Gasteiger partial charge in [0.25, 0.3) is 0 Å². The molecule has 0 radical (unpaired) electrons. The number of fused-ring (bicyclic) bond motifs is 1. The Hall–Kier alpha value is -3.43. The van der Waals surface area contributed by atoms with E-state index in [1.54, 1.807) is 48.5 Å². The van der Waals surface area contributed by atoms with Crippen LogP contribution in [-0.4, -0.2) is 32.2 Å². The molecular formula is C27H25F3N2O3S. The van der Waals surface area contributed by atoms with Crippen molar-refractivity contribution in [1.82, 2.24) is 10.3 Å². The lowest BCUT2D eigenvalue weighted by Crippen LogP contribution is -2.18. The monoisotopic (exact) mass is 514 g/mol. The van der Waals surface area contributed by atoms with Crippen LogP contribution >= 0.6 is 0 Å². The number of halogens is 3. The van der Waals surface area contributed by atoms with Crippen LogP contribution in [0.3, 0.4) is 0 Å². The van der Waals surface area contributed by atoms with Crippen LogP contribution in [0.5, 0.6) is 11.5 Å². The Labute approximate surface area is 207 Å². The molecule has 0 aliphatic heterocycles. The van der Waals surface area contributed by atoms with E-state index in [1.165, 1.54) is 24.4 Å². The van der Waals surface area contributed by atoms with Gasteiger partial charge in [0.05, 0.1) is 21.7 Å². The van der Waals surface area contributed by atoms with Gasteiger partial charge in [-0.3, -0.25) is 4.98 Å². The van der Waals surface area contributed by atoms with Crippen LogP contribution in [0.25, 0.3) is 22.0 Å². The Morgan fingerprint density at radius 2 is 1.67 bits per heavy atom. The van der Waals surface area contributed by atoms with Gasteiger partial charge >= 0.3 is 6.18 Å². The summed E-state index contributed by atoms with van der Waals surface area (Å²) < 4.78 is 71.7. The summed E-state index contributed by atoms with van der Waals surface area (Å²) in [6.07, 6.45) is -2.67. The summed E-state index contributed by atoms with van der Waals surface area (Å²) in [6.45, 7) is 3.36. The molecule has 0 aliphatic rings. The minimum atomic E-state index is -4.52. The molecule has 188 valence electrons. The second-order valence-electron chi connectivity index (χ2n) is 8.19. The number of rotatable bonds is 9. The van der Waals surface area contributed by atoms with Crippen molar-refractivity contribution in [3.05, 3.63) is 84.6 Å². The van der Waals surface area contributed by atoms with E-state index in [1.807, 2.05) is 6.92 Å². The van der Waals surface area contributed by atoms with Crippen molar-refractivity contribution in [2.75, 3.05) is 18.8 Å². The Bertz CT molecular complexity index is 1470. The van der Waals surface area contributed by atoms with E-state index in [0.717, 1.165) is 12.6 Å². The van der Waals surface area contributed by atoms with E-state index < -0.39 is 21.6 Å². The van der Waals surface area contributed by atoms with Crippen molar-refractivity contribution < 1.29 is 26.3 Å². The number of pyridine rings is 1. The molecule has 3 aromatic carbocycles. The molecule has 0 bridgehead atoms. The highest BCUT2D eigenvalue weighted by Crippen LogP contribution is 2.37. The summed E-state index contributed by atoms with van der Waals surface area (Å²) in [7, 11) is -3.47. The van der Waals surface area contributed by atoms with Gasteiger partial charge in [0.2, 0.25) is 0 Å². The smallest absolute Gasteiger partial charge is 0.418 e. The molecule has 0 atom stereocenters. The molecule has 4 rings (SSSR count). The third-order valence-corrected chi connectivity index (χ3v) is 7.44. The van der Waals surface area contributed by atoms with Crippen molar-refractivity contribution in [3.63, 3.8) is 0 Å². The number of nitrogens with zero attached hydrogens (tertiary/aromatic N) is 1. The zero-order valence-corrected chi connectivity index (χ0v) is 20.4. The molecular weight excluding hydrogens is 489 g/mol. The van der Waals surface area contributed by atoms with Gasteiger partial charge in [-0.15, -0.1) is 0 Å². The largest absolute Gasteiger partial charge is 0.457 e. The van der Waals surface area contributed by atoms with Gasteiger partial charge in [0.1, 0.15) is 11.5 Å². The third kappa shape index (κ3) is 5.85. The Morgan fingerprint density at radius 1 is 0.944 bits per heavy atom. The van der Waals surface area contributed by atoms with E-state index in [4.69, 9.17) is 4.74 Å². The highest BCUT2D eigenvalue weighted by Gasteiger charge is 2.33. The zero-order valence-electron chi connectivity index (χ0n) is 19.5. The Kier molecular flexibility index (Phi) is 7.61. The van der Waals surface area contributed by atoms with Gasteiger partial charge in [0, 0.05) is 11.6 Å². The molecule has 0 saturated heterocycles. The van der Waals surface area contributed by atoms with Crippen LogP contribution in [0.15, 0.2) is 83.9 Å². The normalized spacial score (nSPS) is 12.1. The van der Waals surface area contributed by atoms with E-state index in [-0.39, 0.29) is 16.2 Å². The highest BCUT2D eigenvalue weighted by molar-refractivity contribution is 7.91. The van der Waals surface area contributed by atoms with Crippen LogP contribution in [0.1, 0.15) is 18.9 Å². The van der Waals surface area contributed by atoms with E-state index in [9.17, 15) is 21.6 Å². The minimum absolute atomic E-state index is 0.0218. The molecule has 0 spiro atoms. The summed E-state index contributed by atoms with van der Waals surface area (Å²) in [6, 6.07) is 18.8. The molecule has 1 N–H and O–H groups in total. The minimum Gasteiger partial charge on any atom is -0.457 e. The molecule has 0 amide bonds. The summed E-state index contributed by atoms with van der Waals surface area (Å²) in [5.41, 5.74) is 0.304. The van der Waals surface area contributed by atoms with E-state index >= 15 is 0 Å². The van der Waals surface area contributed by atoms with Gasteiger partial charge in [-0.05, 0) is 73.1 Å². The number of hydrogen-bond donors (Lipinski definition) is 1. The first kappa shape index (κ1) is 25.7.